The van der Waals surface area contributed by atoms with Crippen LogP contribution in [0, 0.1) is 13.8 Å². The van der Waals surface area contributed by atoms with Gasteiger partial charge in [0.15, 0.2) is 0 Å². The van der Waals surface area contributed by atoms with Crippen molar-refractivity contribution in [1.29, 1.82) is 0 Å². The van der Waals surface area contributed by atoms with E-state index in [1.54, 1.807) is 0 Å². The maximum Gasteiger partial charge on any atom is 0.148 e. The molecule has 2 aromatic heterocycles. The average Bonchev–Trinajstić information content (AvgIpc) is 2.74. The lowest BCUT2D eigenvalue weighted by molar-refractivity contribution is 1.01. The summed E-state index contributed by atoms with van der Waals surface area (Å²) >= 11 is 1.81. The number of aromatic nitrogens is 2. The molecule has 0 atom stereocenters. The zero-order valence-corrected chi connectivity index (χ0v) is 12.3. The van der Waals surface area contributed by atoms with Gasteiger partial charge in [0.2, 0.25) is 0 Å². The fourth-order valence-electron chi connectivity index (χ4n) is 1.93. The Morgan fingerprint density at radius 1 is 1.26 bits per heavy atom. The third-order valence-corrected chi connectivity index (χ3v) is 4.24. The highest BCUT2D eigenvalue weighted by Crippen LogP contribution is 2.23. The lowest BCUT2D eigenvalue weighted by atomic mass is 10.2. The SMILES string of the molecule is CCc1c(NN)ncnc1NCc1cc(C)c(C)s1. The van der Waals surface area contributed by atoms with E-state index in [2.05, 4.69) is 47.5 Å². The Kier molecular flexibility index (Phi) is 4.34. The van der Waals surface area contributed by atoms with E-state index in [4.69, 9.17) is 5.84 Å². The Hall–Kier alpha value is -1.66. The molecule has 0 saturated carbocycles. The van der Waals surface area contributed by atoms with E-state index in [0.717, 1.165) is 24.3 Å². The maximum atomic E-state index is 5.46. The molecule has 19 heavy (non-hydrogen) atoms. The molecule has 6 heteroatoms. The Morgan fingerprint density at radius 2 is 2.00 bits per heavy atom. The van der Waals surface area contributed by atoms with Crippen LogP contribution in [0.4, 0.5) is 11.6 Å². The lowest BCUT2D eigenvalue weighted by Gasteiger charge is -2.11. The molecule has 2 heterocycles. The van der Waals surface area contributed by atoms with Gasteiger partial charge in [0.1, 0.15) is 18.0 Å². The summed E-state index contributed by atoms with van der Waals surface area (Å²) in [6, 6.07) is 2.21. The van der Waals surface area contributed by atoms with Gasteiger partial charge in [0.05, 0.1) is 6.54 Å². The van der Waals surface area contributed by atoms with Crippen LogP contribution in [0.1, 0.15) is 27.8 Å². The van der Waals surface area contributed by atoms with E-state index in [-0.39, 0.29) is 0 Å². The van der Waals surface area contributed by atoms with Crippen molar-refractivity contribution in [3.8, 4) is 0 Å². The molecule has 0 aliphatic heterocycles. The number of hydrogen-bond acceptors (Lipinski definition) is 6. The highest BCUT2D eigenvalue weighted by Gasteiger charge is 2.09. The lowest BCUT2D eigenvalue weighted by Crippen LogP contribution is -2.13. The zero-order valence-electron chi connectivity index (χ0n) is 11.4. The largest absolute Gasteiger partial charge is 0.365 e. The minimum absolute atomic E-state index is 0.679. The van der Waals surface area contributed by atoms with Gasteiger partial charge in [-0.05, 0) is 31.9 Å². The topological polar surface area (TPSA) is 75.9 Å². The van der Waals surface area contributed by atoms with Gasteiger partial charge in [-0.3, -0.25) is 0 Å². The van der Waals surface area contributed by atoms with Crippen molar-refractivity contribution in [3.63, 3.8) is 0 Å². The molecule has 0 fully saturated rings. The van der Waals surface area contributed by atoms with Crippen molar-refractivity contribution in [3.05, 3.63) is 33.3 Å². The Morgan fingerprint density at radius 3 is 2.58 bits per heavy atom. The number of hydrazine groups is 1. The van der Waals surface area contributed by atoms with Crippen molar-refractivity contribution in [1.82, 2.24) is 9.97 Å². The van der Waals surface area contributed by atoms with Crippen molar-refractivity contribution in [2.45, 2.75) is 33.7 Å². The van der Waals surface area contributed by atoms with Gasteiger partial charge in [-0.1, -0.05) is 6.92 Å². The molecule has 2 aromatic rings. The summed E-state index contributed by atoms with van der Waals surface area (Å²) < 4.78 is 0. The maximum absolute atomic E-state index is 5.46. The predicted octanol–water partition coefficient (Wildman–Crippen LogP) is 2.62. The summed E-state index contributed by atoms with van der Waals surface area (Å²) in [6.45, 7) is 7.10. The van der Waals surface area contributed by atoms with Crippen LogP contribution in [0.2, 0.25) is 0 Å². The van der Waals surface area contributed by atoms with Crippen LogP contribution >= 0.6 is 11.3 Å². The Balaban J connectivity index is 2.15. The first-order valence-electron chi connectivity index (χ1n) is 6.26. The van der Waals surface area contributed by atoms with E-state index in [1.165, 1.54) is 21.6 Å². The summed E-state index contributed by atoms with van der Waals surface area (Å²) in [6.07, 6.45) is 2.34. The van der Waals surface area contributed by atoms with Crippen LogP contribution in [0.3, 0.4) is 0 Å². The number of hydrogen-bond donors (Lipinski definition) is 3. The number of aryl methyl sites for hydroxylation is 2. The van der Waals surface area contributed by atoms with Gasteiger partial charge in [0, 0.05) is 15.3 Å². The molecule has 0 spiro atoms. The van der Waals surface area contributed by atoms with Gasteiger partial charge < -0.3 is 10.7 Å². The number of nitrogen functional groups attached to an aromatic ring is 1. The van der Waals surface area contributed by atoms with Gasteiger partial charge >= 0.3 is 0 Å². The van der Waals surface area contributed by atoms with Crippen molar-refractivity contribution >= 4 is 23.0 Å². The van der Waals surface area contributed by atoms with E-state index in [0.29, 0.717) is 5.82 Å². The molecular weight excluding hydrogens is 258 g/mol. The molecule has 0 unspecified atom stereocenters. The summed E-state index contributed by atoms with van der Waals surface area (Å²) in [4.78, 5) is 11.1. The minimum atomic E-state index is 0.679. The molecule has 102 valence electrons. The van der Waals surface area contributed by atoms with Crippen LogP contribution < -0.4 is 16.6 Å². The Bertz CT molecular complexity index is 545. The van der Waals surface area contributed by atoms with E-state index in [1.807, 2.05) is 11.3 Å². The van der Waals surface area contributed by atoms with Gasteiger partial charge in [-0.2, -0.15) is 0 Å². The second-order valence-corrected chi connectivity index (χ2v) is 5.69. The first-order chi connectivity index (χ1) is 9.15. The number of nitrogens with zero attached hydrogens (tertiary/aromatic N) is 2. The fourth-order valence-corrected chi connectivity index (χ4v) is 2.92. The van der Waals surface area contributed by atoms with E-state index >= 15 is 0 Å². The van der Waals surface area contributed by atoms with Crippen molar-refractivity contribution < 1.29 is 0 Å². The van der Waals surface area contributed by atoms with Crippen molar-refractivity contribution in [2.75, 3.05) is 10.7 Å². The van der Waals surface area contributed by atoms with E-state index < -0.39 is 0 Å². The smallest absolute Gasteiger partial charge is 0.148 e. The normalized spacial score (nSPS) is 10.5. The molecule has 0 saturated heterocycles. The summed E-state index contributed by atoms with van der Waals surface area (Å²) in [7, 11) is 0. The second kappa shape index (κ2) is 5.99. The first-order valence-corrected chi connectivity index (χ1v) is 7.07. The number of nitrogens with two attached hydrogens (primary N) is 1. The molecule has 0 amide bonds. The molecule has 2 rings (SSSR count). The van der Waals surface area contributed by atoms with E-state index in [9.17, 15) is 0 Å². The third-order valence-electron chi connectivity index (χ3n) is 3.08. The summed E-state index contributed by atoms with van der Waals surface area (Å²) in [5, 5.41) is 3.36. The number of thiophene rings is 1. The summed E-state index contributed by atoms with van der Waals surface area (Å²) in [5.74, 6) is 6.98. The highest BCUT2D eigenvalue weighted by atomic mass is 32.1. The molecule has 0 bridgehead atoms. The van der Waals surface area contributed by atoms with Gasteiger partial charge in [-0.25, -0.2) is 15.8 Å². The zero-order chi connectivity index (χ0) is 13.8. The van der Waals surface area contributed by atoms with Crippen LogP contribution in [-0.4, -0.2) is 9.97 Å². The molecule has 4 N–H and O–H groups in total. The standard InChI is InChI=1S/C13H19N5S/c1-4-11-12(16-7-17-13(11)18-14)15-6-10-5-8(2)9(3)19-10/h5,7H,4,6,14H2,1-3H3,(H2,15,16,17,18). The predicted molar refractivity (Wildman–Crippen MR) is 80.3 cm³/mol. The quantitative estimate of drug-likeness (QED) is 0.578. The molecular formula is C13H19N5S. The van der Waals surface area contributed by atoms with Crippen LogP contribution in [-0.2, 0) is 13.0 Å². The van der Waals surface area contributed by atoms with Gasteiger partial charge in [0.25, 0.3) is 0 Å². The third kappa shape index (κ3) is 3.02. The first kappa shape index (κ1) is 13.8. The van der Waals surface area contributed by atoms with Crippen molar-refractivity contribution in [2.24, 2.45) is 5.84 Å². The number of anilines is 2. The number of nitrogens with one attached hydrogen (secondary N) is 2. The molecule has 0 radical (unpaired) electrons. The minimum Gasteiger partial charge on any atom is -0.365 e. The Labute approximate surface area is 117 Å². The second-order valence-electron chi connectivity index (χ2n) is 4.35. The molecule has 0 aliphatic carbocycles. The van der Waals surface area contributed by atoms with Crippen LogP contribution in [0.15, 0.2) is 12.4 Å². The number of rotatable bonds is 5. The molecule has 0 aliphatic rings. The molecule has 5 nitrogen and oxygen atoms in total. The van der Waals surface area contributed by atoms with Crippen LogP contribution in [0.5, 0.6) is 0 Å². The average molecular weight is 277 g/mol. The highest BCUT2D eigenvalue weighted by molar-refractivity contribution is 7.12. The molecule has 0 aromatic carbocycles. The summed E-state index contributed by atoms with van der Waals surface area (Å²) in [5.41, 5.74) is 4.96. The van der Waals surface area contributed by atoms with Gasteiger partial charge in [-0.15, -0.1) is 11.3 Å². The van der Waals surface area contributed by atoms with Crippen LogP contribution in [0.25, 0.3) is 0 Å². The fraction of sp³-hybridized carbons (Fsp3) is 0.385. The monoisotopic (exact) mass is 277 g/mol.